The fraction of sp³-hybridized carbons (Fsp3) is 0.364. The molecule has 1 atom stereocenters. The van der Waals surface area contributed by atoms with Crippen LogP contribution in [0.25, 0.3) is 0 Å². The summed E-state index contributed by atoms with van der Waals surface area (Å²) in [7, 11) is 0. The van der Waals surface area contributed by atoms with E-state index in [1.54, 1.807) is 0 Å². The van der Waals surface area contributed by atoms with Crippen molar-refractivity contribution in [2.24, 2.45) is 0 Å². The summed E-state index contributed by atoms with van der Waals surface area (Å²) < 4.78 is 10.4. The molecule has 1 unspecified atom stereocenters. The predicted molar refractivity (Wildman–Crippen MR) is 59.5 cm³/mol. The fourth-order valence-corrected chi connectivity index (χ4v) is 2.10. The molecule has 2 rings (SSSR count). The Labute approximate surface area is 103 Å². The molecule has 0 aromatic heterocycles. The first-order valence-corrected chi connectivity index (χ1v) is 5.45. The topological polar surface area (TPSA) is 76.0 Å². The van der Waals surface area contributed by atoms with Crippen molar-refractivity contribution in [1.29, 1.82) is 0 Å². The fourth-order valence-electron chi connectivity index (χ4n) is 1.84. The Balaban J connectivity index is 2.60. The Morgan fingerprint density at radius 2 is 2.18 bits per heavy atom. The summed E-state index contributed by atoms with van der Waals surface area (Å²) in [5.41, 5.74) is 0.853. The van der Waals surface area contributed by atoms with Crippen LogP contribution in [-0.4, -0.2) is 23.0 Å². The minimum absolute atomic E-state index is 0.0503. The van der Waals surface area contributed by atoms with Crippen LogP contribution in [0.4, 0.5) is 0 Å². The second-order valence-corrected chi connectivity index (χ2v) is 3.99. The number of fused-ring (bicyclic) bond motifs is 1. The molecule has 0 spiro atoms. The van der Waals surface area contributed by atoms with E-state index in [1.807, 2.05) is 6.92 Å². The number of carboxylic acids is 1. The number of hydrogen-bond donors (Lipinski definition) is 2. The number of aliphatic hydroxyl groups excluding tert-OH is 1. The maximum Gasteiger partial charge on any atom is 0.337 e. The van der Waals surface area contributed by atoms with Gasteiger partial charge in [-0.05, 0) is 12.5 Å². The van der Waals surface area contributed by atoms with Crippen LogP contribution in [0.3, 0.4) is 0 Å². The first kappa shape index (κ1) is 12.0. The zero-order chi connectivity index (χ0) is 12.6. The predicted octanol–water partition coefficient (Wildman–Crippen LogP) is 1.75. The van der Waals surface area contributed by atoms with E-state index in [1.165, 1.54) is 6.07 Å². The Hall–Kier alpha value is -1.46. The van der Waals surface area contributed by atoms with Gasteiger partial charge in [-0.1, -0.05) is 18.5 Å². The summed E-state index contributed by atoms with van der Waals surface area (Å²) in [6.45, 7) is 1.89. The van der Waals surface area contributed by atoms with Crippen molar-refractivity contribution in [2.75, 3.05) is 6.79 Å². The molecule has 0 fully saturated rings. The molecule has 1 aliphatic heterocycles. The van der Waals surface area contributed by atoms with Crippen LogP contribution >= 0.6 is 11.6 Å². The van der Waals surface area contributed by atoms with E-state index >= 15 is 0 Å². The van der Waals surface area contributed by atoms with Crippen LogP contribution in [0.15, 0.2) is 6.07 Å². The molecule has 1 aliphatic rings. The molecule has 2 N–H and O–H groups in total. The lowest BCUT2D eigenvalue weighted by atomic mass is 9.99. The maximum absolute atomic E-state index is 10.8. The van der Waals surface area contributed by atoms with Crippen molar-refractivity contribution in [1.82, 2.24) is 0 Å². The van der Waals surface area contributed by atoms with Crippen molar-refractivity contribution < 1.29 is 24.5 Å². The first-order chi connectivity index (χ1) is 8.06. The van der Waals surface area contributed by atoms with Crippen molar-refractivity contribution in [3.05, 3.63) is 22.2 Å². The van der Waals surface area contributed by atoms with Gasteiger partial charge in [0.25, 0.3) is 0 Å². The minimum Gasteiger partial charge on any atom is -0.479 e. The molecule has 92 valence electrons. The summed E-state index contributed by atoms with van der Waals surface area (Å²) in [6.07, 6.45) is -1.10. The molecular formula is C11H11ClO5. The zero-order valence-electron chi connectivity index (χ0n) is 9.07. The van der Waals surface area contributed by atoms with E-state index in [2.05, 4.69) is 0 Å². The normalized spacial score (nSPS) is 14.8. The van der Waals surface area contributed by atoms with E-state index < -0.39 is 12.1 Å². The Kier molecular flexibility index (Phi) is 3.13. The average Bonchev–Trinajstić information content (AvgIpc) is 2.77. The number of hydrogen-bond acceptors (Lipinski definition) is 4. The third-order valence-electron chi connectivity index (χ3n) is 2.62. The van der Waals surface area contributed by atoms with Gasteiger partial charge < -0.3 is 19.7 Å². The molecule has 1 heterocycles. The van der Waals surface area contributed by atoms with E-state index in [4.69, 9.17) is 26.2 Å². The highest BCUT2D eigenvalue weighted by Gasteiger charge is 2.28. The molecule has 6 heteroatoms. The number of carboxylic acid groups (broad SMARTS) is 1. The highest BCUT2D eigenvalue weighted by molar-refractivity contribution is 6.32. The number of aliphatic carboxylic acids is 1. The lowest BCUT2D eigenvalue weighted by molar-refractivity contribution is -0.147. The van der Waals surface area contributed by atoms with Gasteiger partial charge in [0.1, 0.15) is 0 Å². The summed E-state index contributed by atoms with van der Waals surface area (Å²) in [4.78, 5) is 10.8. The molecule has 1 aromatic carbocycles. The smallest absolute Gasteiger partial charge is 0.337 e. The van der Waals surface area contributed by atoms with Crippen LogP contribution in [0.1, 0.15) is 24.2 Å². The average molecular weight is 259 g/mol. The summed E-state index contributed by atoms with van der Waals surface area (Å²) >= 11 is 5.94. The lowest BCUT2D eigenvalue weighted by Gasteiger charge is -2.14. The quantitative estimate of drug-likeness (QED) is 0.864. The van der Waals surface area contributed by atoms with Gasteiger partial charge in [-0.3, -0.25) is 0 Å². The summed E-state index contributed by atoms with van der Waals surface area (Å²) in [5.74, 6) is -0.491. The number of carbonyl (C=O) groups is 1. The lowest BCUT2D eigenvalue weighted by Crippen LogP contribution is -2.13. The van der Waals surface area contributed by atoms with Crippen LogP contribution in [-0.2, 0) is 11.2 Å². The van der Waals surface area contributed by atoms with Gasteiger partial charge in [0.05, 0.1) is 5.02 Å². The second-order valence-electron chi connectivity index (χ2n) is 3.59. The largest absolute Gasteiger partial charge is 0.479 e. The van der Waals surface area contributed by atoms with Crippen molar-refractivity contribution in [3.63, 3.8) is 0 Å². The standard InChI is InChI=1S/C11H11ClO5/c1-2-5-6(8(13)11(14)15)3-7(12)10-9(5)16-4-17-10/h3,8,13H,2,4H2,1H3,(H,14,15). The molecule has 0 saturated heterocycles. The van der Waals surface area contributed by atoms with Crippen molar-refractivity contribution >= 4 is 17.6 Å². The minimum atomic E-state index is -1.61. The van der Waals surface area contributed by atoms with Crippen molar-refractivity contribution in [3.8, 4) is 11.5 Å². The van der Waals surface area contributed by atoms with Crippen LogP contribution in [0.5, 0.6) is 11.5 Å². The Morgan fingerprint density at radius 3 is 2.76 bits per heavy atom. The molecule has 5 nitrogen and oxygen atoms in total. The molecule has 0 saturated carbocycles. The van der Waals surface area contributed by atoms with Gasteiger partial charge in [-0.15, -0.1) is 0 Å². The molecular weight excluding hydrogens is 248 g/mol. The van der Waals surface area contributed by atoms with E-state index in [0.717, 1.165) is 0 Å². The van der Waals surface area contributed by atoms with Crippen LogP contribution in [0.2, 0.25) is 5.02 Å². The van der Waals surface area contributed by atoms with Gasteiger partial charge in [-0.2, -0.15) is 0 Å². The molecule has 1 aromatic rings. The van der Waals surface area contributed by atoms with E-state index in [9.17, 15) is 9.90 Å². The highest BCUT2D eigenvalue weighted by atomic mass is 35.5. The van der Waals surface area contributed by atoms with E-state index in [-0.39, 0.29) is 17.4 Å². The van der Waals surface area contributed by atoms with Gasteiger partial charge in [0.15, 0.2) is 17.6 Å². The Morgan fingerprint density at radius 1 is 1.53 bits per heavy atom. The maximum atomic E-state index is 10.8. The number of benzene rings is 1. The molecule has 0 aliphatic carbocycles. The summed E-state index contributed by atoms with van der Waals surface area (Å²) in [6, 6.07) is 1.41. The SMILES string of the molecule is CCc1c(C(O)C(=O)O)cc(Cl)c2c1OCO2. The van der Waals surface area contributed by atoms with Gasteiger partial charge in [-0.25, -0.2) is 4.79 Å². The van der Waals surface area contributed by atoms with Gasteiger partial charge in [0, 0.05) is 11.1 Å². The Bertz CT molecular complexity index is 471. The van der Waals surface area contributed by atoms with Crippen molar-refractivity contribution in [2.45, 2.75) is 19.4 Å². The number of ether oxygens (including phenoxy) is 2. The summed E-state index contributed by atoms with van der Waals surface area (Å²) in [5, 5.41) is 18.7. The molecule has 0 bridgehead atoms. The first-order valence-electron chi connectivity index (χ1n) is 5.08. The van der Waals surface area contributed by atoms with Crippen LogP contribution < -0.4 is 9.47 Å². The van der Waals surface area contributed by atoms with Gasteiger partial charge in [0.2, 0.25) is 6.79 Å². The molecule has 0 radical (unpaired) electrons. The number of aliphatic hydroxyl groups is 1. The molecule has 0 amide bonds. The third-order valence-corrected chi connectivity index (χ3v) is 2.90. The second kappa shape index (κ2) is 4.43. The van der Waals surface area contributed by atoms with E-state index in [0.29, 0.717) is 23.5 Å². The van der Waals surface area contributed by atoms with Gasteiger partial charge >= 0.3 is 5.97 Å². The highest BCUT2D eigenvalue weighted by Crippen LogP contribution is 2.45. The monoisotopic (exact) mass is 258 g/mol. The number of rotatable bonds is 3. The number of halogens is 1. The zero-order valence-corrected chi connectivity index (χ0v) is 9.82. The third kappa shape index (κ3) is 1.92. The molecule has 17 heavy (non-hydrogen) atoms. The van der Waals surface area contributed by atoms with Crippen LogP contribution in [0, 0.1) is 0 Å².